The summed E-state index contributed by atoms with van der Waals surface area (Å²) >= 11 is 0. The SMILES string of the molecule is COCC(=O)N1CC[C@@]2(CCCN(Cc3cc(OC)ccc3F)C2)C1. The third kappa shape index (κ3) is 4.12. The Morgan fingerprint density at radius 2 is 2.08 bits per heavy atom. The van der Waals surface area contributed by atoms with E-state index in [4.69, 9.17) is 9.47 Å². The quantitative estimate of drug-likeness (QED) is 0.817. The number of ether oxygens (including phenoxy) is 2. The molecule has 1 atom stereocenters. The average molecular weight is 350 g/mol. The molecule has 2 saturated heterocycles. The highest BCUT2D eigenvalue weighted by atomic mass is 19.1. The van der Waals surface area contributed by atoms with Gasteiger partial charge in [-0.2, -0.15) is 0 Å². The minimum absolute atomic E-state index is 0.0651. The zero-order valence-electron chi connectivity index (χ0n) is 15.1. The van der Waals surface area contributed by atoms with Crippen molar-refractivity contribution in [1.29, 1.82) is 0 Å². The van der Waals surface area contributed by atoms with Gasteiger partial charge < -0.3 is 14.4 Å². The fourth-order valence-corrected chi connectivity index (χ4v) is 4.18. The van der Waals surface area contributed by atoms with Crippen molar-refractivity contribution in [3.05, 3.63) is 29.6 Å². The first-order chi connectivity index (χ1) is 12.0. The molecule has 0 saturated carbocycles. The van der Waals surface area contributed by atoms with E-state index in [0.717, 1.165) is 45.4 Å². The summed E-state index contributed by atoms with van der Waals surface area (Å²) in [5.74, 6) is 0.555. The van der Waals surface area contributed by atoms with Crippen LogP contribution in [0.15, 0.2) is 18.2 Å². The van der Waals surface area contributed by atoms with Crippen LogP contribution in [0, 0.1) is 11.2 Å². The maximum atomic E-state index is 14.1. The first-order valence-electron chi connectivity index (χ1n) is 8.87. The number of piperidine rings is 1. The summed E-state index contributed by atoms with van der Waals surface area (Å²) in [7, 11) is 3.14. The summed E-state index contributed by atoms with van der Waals surface area (Å²) < 4.78 is 24.3. The Kier molecular flexibility index (Phi) is 5.59. The third-order valence-electron chi connectivity index (χ3n) is 5.45. The lowest BCUT2D eigenvalue weighted by molar-refractivity contribution is -0.134. The van der Waals surface area contributed by atoms with E-state index in [0.29, 0.717) is 17.9 Å². The van der Waals surface area contributed by atoms with Crippen molar-refractivity contribution < 1.29 is 18.7 Å². The second kappa shape index (κ2) is 7.70. The molecule has 1 aromatic rings. The van der Waals surface area contributed by atoms with Crippen LogP contribution in [0.25, 0.3) is 0 Å². The lowest BCUT2D eigenvalue weighted by Gasteiger charge is -2.40. The first kappa shape index (κ1) is 18.1. The molecule has 1 amide bonds. The summed E-state index contributed by atoms with van der Waals surface area (Å²) in [4.78, 5) is 16.3. The van der Waals surface area contributed by atoms with Crippen LogP contribution in [-0.4, -0.2) is 62.7 Å². The maximum Gasteiger partial charge on any atom is 0.248 e. The van der Waals surface area contributed by atoms with Crippen LogP contribution in [0.4, 0.5) is 4.39 Å². The molecule has 138 valence electrons. The molecule has 2 aliphatic rings. The number of hydrogen-bond donors (Lipinski definition) is 0. The van der Waals surface area contributed by atoms with Crippen molar-refractivity contribution in [2.45, 2.75) is 25.8 Å². The number of amides is 1. The molecule has 0 aliphatic carbocycles. The number of carbonyl (C=O) groups is 1. The van der Waals surface area contributed by atoms with E-state index in [-0.39, 0.29) is 23.7 Å². The van der Waals surface area contributed by atoms with Crippen molar-refractivity contribution >= 4 is 5.91 Å². The Balaban J connectivity index is 1.65. The van der Waals surface area contributed by atoms with Crippen LogP contribution in [0.5, 0.6) is 5.75 Å². The van der Waals surface area contributed by atoms with Crippen molar-refractivity contribution in [2.75, 3.05) is 47.0 Å². The van der Waals surface area contributed by atoms with E-state index in [2.05, 4.69) is 4.90 Å². The summed E-state index contributed by atoms with van der Waals surface area (Å²) in [5, 5.41) is 0. The Labute approximate surface area is 148 Å². The standard InChI is InChI=1S/C19H27FN2O3/c1-24-12-18(23)22-9-7-19(14-22)6-3-8-21(13-19)11-15-10-16(25-2)4-5-17(15)20/h4-5,10H,3,6-9,11-14H2,1-2H3/t19-/m1/s1. The lowest BCUT2D eigenvalue weighted by Crippen LogP contribution is -2.45. The largest absolute Gasteiger partial charge is 0.497 e. The van der Waals surface area contributed by atoms with Gasteiger partial charge in [-0.15, -0.1) is 0 Å². The molecule has 0 bridgehead atoms. The molecular weight excluding hydrogens is 323 g/mol. The molecule has 0 N–H and O–H groups in total. The van der Waals surface area contributed by atoms with Crippen molar-refractivity contribution in [3.8, 4) is 5.75 Å². The molecular formula is C19H27FN2O3. The van der Waals surface area contributed by atoms with E-state index in [1.54, 1.807) is 26.4 Å². The minimum Gasteiger partial charge on any atom is -0.497 e. The zero-order valence-corrected chi connectivity index (χ0v) is 15.1. The Bertz CT molecular complexity index is 625. The number of likely N-dealkylation sites (tertiary alicyclic amines) is 2. The highest BCUT2D eigenvalue weighted by molar-refractivity contribution is 5.77. The summed E-state index contributed by atoms with van der Waals surface area (Å²) in [6.45, 7) is 4.17. The average Bonchev–Trinajstić information content (AvgIpc) is 3.00. The van der Waals surface area contributed by atoms with Crippen LogP contribution in [-0.2, 0) is 16.1 Å². The molecule has 5 nitrogen and oxygen atoms in total. The van der Waals surface area contributed by atoms with Crippen LogP contribution in [0.3, 0.4) is 0 Å². The second-order valence-electron chi connectivity index (χ2n) is 7.27. The van der Waals surface area contributed by atoms with Gasteiger partial charge in [-0.05, 0) is 44.0 Å². The molecule has 2 fully saturated rings. The number of carbonyl (C=O) groups excluding carboxylic acids is 1. The van der Waals surface area contributed by atoms with Gasteiger partial charge in [0, 0.05) is 44.3 Å². The van der Waals surface area contributed by atoms with Gasteiger partial charge in [0.2, 0.25) is 5.91 Å². The van der Waals surface area contributed by atoms with Crippen molar-refractivity contribution in [3.63, 3.8) is 0 Å². The first-order valence-corrected chi connectivity index (χ1v) is 8.87. The van der Waals surface area contributed by atoms with E-state index in [1.807, 2.05) is 4.90 Å². The molecule has 2 heterocycles. The van der Waals surface area contributed by atoms with Crippen LogP contribution in [0.2, 0.25) is 0 Å². The molecule has 25 heavy (non-hydrogen) atoms. The number of methoxy groups -OCH3 is 2. The fraction of sp³-hybridized carbons (Fsp3) is 0.632. The third-order valence-corrected chi connectivity index (χ3v) is 5.45. The van der Waals surface area contributed by atoms with Gasteiger partial charge in [0.1, 0.15) is 18.2 Å². The monoisotopic (exact) mass is 350 g/mol. The van der Waals surface area contributed by atoms with Gasteiger partial charge in [0.15, 0.2) is 0 Å². The molecule has 0 unspecified atom stereocenters. The number of hydrogen-bond acceptors (Lipinski definition) is 4. The Hall–Kier alpha value is -1.66. The van der Waals surface area contributed by atoms with Crippen molar-refractivity contribution in [1.82, 2.24) is 9.80 Å². The maximum absolute atomic E-state index is 14.1. The topological polar surface area (TPSA) is 42.0 Å². The van der Waals surface area contributed by atoms with E-state index in [9.17, 15) is 9.18 Å². The predicted molar refractivity (Wildman–Crippen MR) is 93.0 cm³/mol. The lowest BCUT2D eigenvalue weighted by atomic mass is 9.79. The van der Waals surface area contributed by atoms with Gasteiger partial charge in [-0.1, -0.05) is 0 Å². The van der Waals surface area contributed by atoms with Crippen molar-refractivity contribution in [2.24, 2.45) is 5.41 Å². The predicted octanol–water partition coefficient (Wildman–Crippen LogP) is 2.30. The summed E-state index contributed by atoms with van der Waals surface area (Å²) in [6, 6.07) is 4.89. The van der Waals surface area contributed by atoms with Gasteiger partial charge in [-0.25, -0.2) is 4.39 Å². The summed E-state index contributed by atoms with van der Waals surface area (Å²) in [5.41, 5.74) is 0.804. The van der Waals surface area contributed by atoms with Gasteiger partial charge in [0.05, 0.1) is 7.11 Å². The second-order valence-corrected chi connectivity index (χ2v) is 7.27. The molecule has 3 rings (SSSR count). The van der Waals surface area contributed by atoms with E-state index in [1.165, 1.54) is 6.07 Å². The number of nitrogens with zero attached hydrogens (tertiary/aromatic N) is 2. The van der Waals surface area contributed by atoms with Crippen LogP contribution in [0.1, 0.15) is 24.8 Å². The van der Waals surface area contributed by atoms with Crippen LogP contribution >= 0.6 is 0 Å². The highest BCUT2D eigenvalue weighted by Crippen LogP contribution is 2.39. The van der Waals surface area contributed by atoms with Gasteiger partial charge in [-0.3, -0.25) is 9.69 Å². The van der Waals surface area contributed by atoms with E-state index >= 15 is 0 Å². The number of halogens is 1. The molecule has 0 radical (unpaired) electrons. The smallest absolute Gasteiger partial charge is 0.248 e. The normalized spacial score (nSPS) is 24.0. The molecule has 0 aromatic heterocycles. The Morgan fingerprint density at radius 1 is 1.24 bits per heavy atom. The molecule has 1 spiro atoms. The Morgan fingerprint density at radius 3 is 2.84 bits per heavy atom. The zero-order chi connectivity index (χ0) is 17.9. The number of benzene rings is 1. The molecule has 6 heteroatoms. The summed E-state index contributed by atoms with van der Waals surface area (Å²) in [6.07, 6.45) is 3.22. The van der Waals surface area contributed by atoms with Crippen LogP contribution < -0.4 is 4.74 Å². The fourth-order valence-electron chi connectivity index (χ4n) is 4.18. The van der Waals surface area contributed by atoms with Gasteiger partial charge >= 0.3 is 0 Å². The molecule has 1 aromatic carbocycles. The van der Waals surface area contributed by atoms with E-state index < -0.39 is 0 Å². The minimum atomic E-state index is -0.191. The number of rotatable bonds is 5. The van der Waals surface area contributed by atoms with Gasteiger partial charge in [0.25, 0.3) is 0 Å². The highest BCUT2D eigenvalue weighted by Gasteiger charge is 2.42. The molecule has 2 aliphatic heterocycles.